The van der Waals surface area contributed by atoms with Gasteiger partial charge in [-0.05, 0) is 24.7 Å². The summed E-state index contributed by atoms with van der Waals surface area (Å²) in [6.45, 7) is 4.66. The molecule has 0 atom stereocenters. The Balaban J connectivity index is 1.65. The van der Waals surface area contributed by atoms with Gasteiger partial charge in [-0.3, -0.25) is 9.69 Å². The molecular weight excluding hydrogens is 339 g/mol. The van der Waals surface area contributed by atoms with Crippen molar-refractivity contribution in [3.05, 3.63) is 51.6 Å². The fraction of sp³-hybridized carbons (Fsp3) is 0.333. The summed E-state index contributed by atoms with van der Waals surface area (Å²) in [5.74, 6) is 0.416. The van der Waals surface area contributed by atoms with Crippen molar-refractivity contribution in [2.45, 2.75) is 6.54 Å². The Hall–Kier alpha value is -2.09. The third kappa shape index (κ3) is 3.35. The van der Waals surface area contributed by atoms with Gasteiger partial charge in [-0.1, -0.05) is 12.1 Å². The van der Waals surface area contributed by atoms with Crippen LogP contribution in [0.4, 0.5) is 4.39 Å². The van der Waals surface area contributed by atoms with E-state index in [0.717, 1.165) is 42.1 Å². The Kier molecular flexibility index (Phi) is 4.37. The van der Waals surface area contributed by atoms with Crippen molar-refractivity contribution in [1.82, 2.24) is 19.8 Å². The number of fused-ring (bicyclic) bond motifs is 1. The maximum Gasteiger partial charge on any atom is 0.260 e. The van der Waals surface area contributed by atoms with Crippen LogP contribution in [0.1, 0.15) is 5.82 Å². The number of piperazine rings is 1. The molecule has 130 valence electrons. The first-order valence-corrected chi connectivity index (χ1v) is 9.15. The van der Waals surface area contributed by atoms with Gasteiger partial charge < -0.3 is 9.88 Å². The lowest BCUT2D eigenvalue weighted by Gasteiger charge is -2.31. The number of aromatic nitrogens is 2. The second-order valence-electron chi connectivity index (χ2n) is 6.43. The first-order valence-electron chi connectivity index (χ1n) is 8.27. The molecule has 0 spiro atoms. The molecule has 3 heterocycles. The molecule has 0 amide bonds. The zero-order chi connectivity index (χ0) is 17.4. The number of halogens is 1. The Morgan fingerprint density at radius 2 is 1.92 bits per heavy atom. The van der Waals surface area contributed by atoms with E-state index in [1.54, 1.807) is 12.1 Å². The SMILES string of the molecule is CN1CCN(Cc2nc3scc(-c4ccc(F)cc4)c3c(=O)[nH]2)CC1. The van der Waals surface area contributed by atoms with Crippen LogP contribution in [0.25, 0.3) is 21.3 Å². The van der Waals surface area contributed by atoms with Crippen LogP contribution in [0.15, 0.2) is 34.4 Å². The van der Waals surface area contributed by atoms with Crippen LogP contribution in [0.3, 0.4) is 0 Å². The van der Waals surface area contributed by atoms with Crippen molar-refractivity contribution in [3.63, 3.8) is 0 Å². The summed E-state index contributed by atoms with van der Waals surface area (Å²) in [7, 11) is 2.12. The summed E-state index contributed by atoms with van der Waals surface area (Å²) >= 11 is 1.45. The van der Waals surface area contributed by atoms with Gasteiger partial charge in [-0.25, -0.2) is 9.37 Å². The number of hydrogen-bond donors (Lipinski definition) is 1. The highest BCUT2D eigenvalue weighted by molar-refractivity contribution is 7.17. The highest BCUT2D eigenvalue weighted by atomic mass is 32.1. The summed E-state index contributed by atoms with van der Waals surface area (Å²) in [6, 6.07) is 6.19. The van der Waals surface area contributed by atoms with Crippen LogP contribution in [0.2, 0.25) is 0 Å². The minimum absolute atomic E-state index is 0.130. The molecule has 4 rings (SSSR count). The number of benzene rings is 1. The first-order chi connectivity index (χ1) is 12.1. The Morgan fingerprint density at radius 3 is 2.64 bits per heavy atom. The largest absolute Gasteiger partial charge is 0.309 e. The second-order valence-corrected chi connectivity index (χ2v) is 7.29. The third-order valence-corrected chi connectivity index (χ3v) is 5.49. The first kappa shape index (κ1) is 16.4. The summed E-state index contributed by atoms with van der Waals surface area (Å²) < 4.78 is 13.1. The number of hydrogen-bond acceptors (Lipinski definition) is 5. The molecule has 7 heteroatoms. The minimum Gasteiger partial charge on any atom is -0.309 e. The number of H-pyrrole nitrogens is 1. The lowest BCUT2D eigenvalue weighted by molar-refractivity contribution is 0.145. The van der Waals surface area contributed by atoms with E-state index in [0.29, 0.717) is 17.8 Å². The van der Waals surface area contributed by atoms with E-state index in [1.807, 2.05) is 5.38 Å². The highest BCUT2D eigenvalue weighted by Gasteiger charge is 2.17. The van der Waals surface area contributed by atoms with E-state index >= 15 is 0 Å². The third-order valence-electron chi connectivity index (χ3n) is 4.62. The Labute approximate surface area is 148 Å². The fourth-order valence-electron chi connectivity index (χ4n) is 3.13. The van der Waals surface area contributed by atoms with Crippen molar-refractivity contribution in [2.24, 2.45) is 0 Å². The standard InChI is InChI=1S/C18H19FN4OS/c1-22-6-8-23(9-7-22)10-15-20-17(24)16-14(11-25-18(16)21-15)12-2-4-13(19)5-3-12/h2-5,11H,6-10H2,1H3,(H,20,21,24). The van der Waals surface area contributed by atoms with Gasteiger partial charge in [0.2, 0.25) is 0 Å². The van der Waals surface area contributed by atoms with Crippen LogP contribution in [-0.4, -0.2) is 53.0 Å². The molecule has 1 fully saturated rings. The van der Waals surface area contributed by atoms with Gasteiger partial charge >= 0.3 is 0 Å². The summed E-state index contributed by atoms with van der Waals surface area (Å²) in [5, 5.41) is 2.50. The molecule has 1 aliphatic heterocycles. The predicted molar refractivity (Wildman–Crippen MR) is 98.4 cm³/mol. The molecule has 1 aromatic carbocycles. The van der Waals surface area contributed by atoms with Gasteiger partial charge in [-0.2, -0.15) is 0 Å². The molecule has 2 aromatic heterocycles. The Bertz CT molecular complexity index is 942. The van der Waals surface area contributed by atoms with Gasteiger partial charge in [0.25, 0.3) is 5.56 Å². The molecule has 0 aliphatic carbocycles. The summed E-state index contributed by atoms with van der Waals surface area (Å²) in [6.07, 6.45) is 0. The molecular formula is C18H19FN4OS. The molecule has 0 saturated carbocycles. The minimum atomic E-state index is -0.287. The molecule has 1 N–H and O–H groups in total. The van der Waals surface area contributed by atoms with E-state index in [4.69, 9.17) is 0 Å². The highest BCUT2D eigenvalue weighted by Crippen LogP contribution is 2.30. The van der Waals surface area contributed by atoms with Crippen LogP contribution >= 0.6 is 11.3 Å². The van der Waals surface area contributed by atoms with Crippen molar-refractivity contribution >= 4 is 21.6 Å². The average molecular weight is 358 g/mol. The van der Waals surface area contributed by atoms with Crippen molar-refractivity contribution in [1.29, 1.82) is 0 Å². The molecule has 0 unspecified atom stereocenters. The maximum absolute atomic E-state index is 13.1. The van der Waals surface area contributed by atoms with Gasteiger partial charge in [0.15, 0.2) is 0 Å². The van der Waals surface area contributed by atoms with E-state index in [2.05, 4.69) is 26.8 Å². The molecule has 0 bridgehead atoms. The number of rotatable bonds is 3. The molecule has 1 saturated heterocycles. The van der Waals surface area contributed by atoms with Gasteiger partial charge in [-0.15, -0.1) is 11.3 Å². The van der Waals surface area contributed by atoms with Crippen molar-refractivity contribution < 1.29 is 4.39 Å². The molecule has 1 aliphatic rings. The second kappa shape index (κ2) is 6.67. The molecule has 3 aromatic rings. The molecule has 25 heavy (non-hydrogen) atoms. The fourth-order valence-corrected chi connectivity index (χ4v) is 4.09. The Morgan fingerprint density at radius 1 is 1.20 bits per heavy atom. The number of nitrogens with zero attached hydrogens (tertiary/aromatic N) is 3. The van der Waals surface area contributed by atoms with E-state index in [1.165, 1.54) is 23.5 Å². The zero-order valence-electron chi connectivity index (χ0n) is 14.0. The van der Waals surface area contributed by atoms with E-state index < -0.39 is 0 Å². The summed E-state index contributed by atoms with van der Waals surface area (Å²) in [4.78, 5) is 25.5. The molecule has 5 nitrogen and oxygen atoms in total. The number of thiophene rings is 1. The normalized spacial score (nSPS) is 16.6. The lowest BCUT2D eigenvalue weighted by atomic mass is 10.1. The van der Waals surface area contributed by atoms with Crippen LogP contribution in [0.5, 0.6) is 0 Å². The summed E-state index contributed by atoms with van der Waals surface area (Å²) in [5.41, 5.74) is 1.50. The number of likely N-dealkylation sites (N-methyl/N-ethyl adjacent to an activating group) is 1. The van der Waals surface area contributed by atoms with Gasteiger partial charge in [0.1, 0.15) is 16.5 Å². The van der Waals surface area contributed by atoms with Gasteiger partial charge in [0, 0.05) is 37.1 Å². The van der Waals surface area contributed by atoms with Crippen LogP contribution in [-0.2, 0) is 6.54 Å². The predicted octanol–water partition coefficient (Wildman–Crippen LogP) is 2.54. The van der Waals surface area contributed by atoms with Crippen LogP contribution in [0, 0.1) is 5.82 Å². The molecule has 0 radical (unpaired) electrons. The van der Waals surface area contributed by atoms with Crippen LogP contribution < -0.4 is 5.56 Å². The lowest BCUT2D eigenvalue weighted by Crippen LogP contribution is -2.44. The van der Waals surface area contributed by atoms with E-state index in [9.17, 15) is 9.18 Å². The number of aromatic amines is 1. The number of nitrogens with one attached hydrogen (secondary N) is 1. The van der Waals surface area contributed by atoms with Crippen molar-refractivity contribution in [3.8, 4) is 11.1 Å². The van der Waals surface area contributed by atoms with Crippen molar-refractivity contribution in [2.75, 3.05) is 33.2 Å². The zero-order valence-corrected chi connectivity index (χ0v) is 14.8. The quantitative estimate of drug-likeness (QED) is 0.782. The van der Waals surface area contributed by atoms with Gasteiger partial charge in [0.05, 0.1) is 11.9 Å². The monoisotopic (exact) mass is 358 g/mol. The topological polar surface area (TPSA) is 52.2 Å². The maximum atomic E-state index is 13.1. The smallest absolute Gasteiger partial charge is 0.260 e. The van der Waals surface area contributed by atoms with E-state index in [-0.39, 0.29) is 11.4 Å². The average Bonchev–Trinajstić information content (AvgIpc) is 3.02.